The molecule has 1 heterocycles. The highest BCUT2D eigenvalue weighted by Gasteiger charge is 2.36. The first-order valence-electron chi connectivity index (χ1n) is 7.43. The molecule has 2 unspecified atom stereocenters. The van der Waals surface area contributed by atoms with Crippen molar-refractivity contribution in [1.29, 1.82) is 0 Å². The summed E-state index contributed by atoms with van der Waals surface area (Å²) in [6.07, 6.45) is 3.04. The van der Waals surface area contributed by atoms with Gasteiger partial charge in [-0.2, -0.15) is 0 Å². The van der Waals surface area contributed by atoms with E-state index in [1.165, 1.54) is 12.8 Å². The maximum Gasteiger partial charge on any atom is 0.323 e. The van der Waals surface area contributed by atoms with Crippen LogP contribution in [0.4, 0.5) is 0 Å². The summed E-state index contributed by atoms with van der Waals surface area (Å²) in [5.41, 5.74) is -0.380. The summed E-state index contributed by atoms with van der Waals surface area (Å²) in [7, 11) is 0. The highest BCUT2D eigenvalue weighted by Crippen LogP contribution is 2.31. The van der Waals surface area contributed by atoms with Crippen molar-refractivity contribution in [2.45, 2.75) is 65.5 Å². The smallest absolute Gasteiger partial charge is 0.323 e. The fraction of sp³-hybridized carbons (Fsp3) is 0.933. The van der Waals surface area contributed by atoms with Crippen molar-refractivity contribution >= 4 is 5.97 Å². The molecule has 0 amide bonds. The number of likely N-dealkylation sites (tertiary alicyclic amines) is 1. The Hall–Kier alpha value is -0.610. The van der Waals surface area contributed by atoms with Crippen molar-refractivity contribution in [2.75, 3.05) is 19.6 Å². The molecule has 1 saturated heterocycles. The Balaban J connectivity index is 2.58. The van der Waals surface area contributed by atoms with Crippen LogP contribution < -0.4 is 5.32 Å². The van der Waals surface area contributed by atoms with Crippen LogP contribution in [0.1, 0.15) is 53.9 Å². The zero-order valence-electron chi connectivity index (χ0n) is 13.1. The molecule has 0 aliphatic carbocycles. The lowest BCUT2D eigenvalue weighted by molar-refractivity contribution is -0.145. The highest BCUT2D eigenvalue weighted by molar-refractivity contribution is 5.78. The van der Waals surface area contributed by atoms with Gasteiger partial charge in [-0.15, -0.1) is 0 Å². The maximum absolute atomic E-state index is 11.5. The predicted octanol–water partition coefficient (Wildman–Crippen LogP) is 2.34. The van der Waals surface area contributed by atoms with Crippen LogP contribution in [0.25, 0.3) is 0 Å². The number of nitrogens with zero attached hydrogens (tertiary/aromatic N) is 1. The number of nitrogens with one attached hydrogen (secondary N) is 1. The Morgan fingerprint density at radius 1 is 1.42 bits per heavy atom. The van der Waals surface area contributed by atoms with Crippen molar-refractivity contribution in [2.24, 2.45) is 5.41 Å². The van der Waals surface area contributed by atoms with Gasteiger partial charge in [-0.1, -0.05) is 20.8 Å². The Labute approximate surface area is 117 Å². The van der Waals surface area contributed by atoms with Gasteiger partial charge in [0.2, 0.25) is 0 Å². The van der Waals surface area contributed by atoms with E-state index in [-0.39, 0.29) is 0 Å². The summed E-state index contributed by atoms with van der Waals surface area (Å²) in [4.78, 5) is 13.9. The third-order valence-electron chi connectivity index (χ3n) is 4.52. The van der Waals surface area contributed by atoms with Gasteiger partial charge in [-0.05, 0) is 58.2 Å². The van der Waals surface area contributed by atoms with Crippen molar-refractivity contribution < 1.29 is 9.90 Å². The first kappa shape index (κ1) is 16.4. The molecular formula is C15H30N2O2. The fourth-order valence-corrected chi connectivity index (χ4v) is 2.92. The topological polar surface area (TPSA) is 52.6 Å². The molecule has 0 aromatic carbocycles. The number of piperidine rings is 1. The summed E-state index contributed by atoms with van der Waals surface area (Å²) in [5, 5.41) is 12.5. The van der Waals surface area contributed by atoms with Crippen molar-refractivity contribution in [1.82, 2.24) is 10.2 Å². The molecule has 4 nitrogen and oxygen atoms in total. The monoisotopic (exact) mass is 270 g/mol. The number of carbonyl (C=O) groups is 1. The lowest BCUT2D eigenvalue weighted by Gasteiger charge is -2.42. The van der Waals surface area contributed by atoms with Gasteiger partial charge in [0, 0.05) is 6.04 Å². The van der Waals surface area contributed by atoms with E-state index in [1.807, 2.05) is 6.92 Å². The van der Waals surface area contributed by atoms with E-state index >= 15 is 0 Å². The first-order chi connectivity index (χ1) is 8.70. The average molecular weight is 270 g/mol. The number of rotatable bonds is 6. The summed E-state index contributed by atoms with van der Waals surface area (Å²) < 4.78 is 0. The summed E-state index contributed by atoms with van der Waals surface area (Å²) >= 11 is 0. The van der Waals surface area contributed by atoms with E-state index in [0.717, 1.165) is 13.1 Å². The van der Waals surface area contributed by atoms with Crippen LogP contribution in [-0.2, 0) is 4.79 Å². The van der Waals surface area contributed by atoms with E-state index in [2.05, 4.69) is 31.0 Å². The van der Waals surface area contributed by atoms with Crippen LogP contribution in [-0.4, -0.2) is 47.2 Å². The van der Waals surface area contributed by atoms with Crippen molar-refractivity contribution in [3.63, 3.8) is 0 Å². The second kappa shape index (κ2) is 6.23. The Bertz CT molecular complexity index is 307. The number of hydrogen-bond acceptors (Lipinski definition) is 3. The quantitative estimate of drug-likeness (QED) is 0.778. The number of likely N-dealkylation sites (N-methyl/N-ethyl adjacent to an activating group) is 1. The number of carboxylic acids is 1. The number of hydrogen-bond donors (Lipinski definition) is 2. The van der Waals surface area contributed by atoms with E-state index in [0.29, 0.717) is 24.4 Å². The third kappa shape index (κ3) is 4.46. The van der Waals surface area contributed by atoms with Gasteiger partial charge in [0.25, 0.3) is 0 Å². The molecule has 2 atom stereocenters. The largest absolute Gasteiger partial charge is 0.480 e. The van der Waals surface area contributed by atoms with Gasteiger partial charge in [0.1, 0.15) is 5.54 Å². The summed E-state index contributed by atoms with van der Waals surface area (Å²) in [6.45, 7) is 13.4. The number of carboxylic acid groups (broad SMARTS) is 1. The van der Waals surface area contributed by atoms with Crippen LogP contribution in [0.3, 0.4) is 0 Å². The highest BCUT2D eigenvalue weighted by atomic mass is 16.4. The van der Waals surface area contributed by atoms with Crippen molar-refractivity contribution in [3.8, 4) is 0 Å². The predicted molar refractivity (Wildman–Crippen MR) is 78.4 cm³/mol. The third-order valence-corrected chi connectivity index (χ3v) is 4.52. The molecule has 1 aliphatic rings. The van der Waals surface area contributed by atoms with Gasteiger partial charge in [0.05, 0.1) is 0 Å². The summed E-state index contributed by atoms with van der Waals surface area (Å²) in [5.74, 6) is -0.751. The van der Waals surface area contributed by atoms with Gasteiger partial charge in [0.15, 0.2) is 0 Å². The minimum atomic E-state index is -0.818. The second-order valence-corrected chi connectivity index (χ2v) is 6.92. The lowest BCUT2D eigenvalue weighted by atomic mass is 9.81. The molecule has 0 aromatic heterocycles. The molecule has 1 aliphatic heterocycles. The van der Waals surface area contributed by atoms with Gasteiger partial charge in [-0.3, -0.25) is 4.79 Å². The maximum atomic E-state index is 11.5. The van der Waals surface area contributed by atoms with E-state index in [9.17, 15) is 9.90 Å². The van der Waals surface area contributed by atoms with Crippen LogP contribution in [0.15, 0.2) is 0 Å². The van der Waals surface area contributed by atoms with Crippen LogP contribution in [0.5, 0.6) is 0 Å². The molecule has 1 fully saturated rings. The Kier molecular flexibility index (Phi) is 5.39. The molecular weight excluding hydrogens is 240 g/mol. The molecule has 2 N–H and O–H groups in total. The van der Waals surface area contributed by atoms with Crippen molar-refractivity contribution in [3.05, 3.63) is 0 Å². The first-order valence-corrected chi connectivity index (χ1v) is 7.43. The zero-order valence-corrected chi connectivity index (χ0v) is 13.1. The van der Waals surface area contributed by atoms with E-state index in [4.69, 9.17) is 0 Å². The molecule has 4 heteroatoms. The standard InChI is InChI=1S/C15H30N2O2/c1-6-16-15(5,13(18)19)11-12(2)17-9-7-14(3,4)8-10-17/h12,16H,6-11H2,1-5H3,(H,18,19). The SMILES string of the molecule is CCNC(C)(CC(C)N1CCC(C)(C)CC1)C(=O)O. The van der Waals surface area contributed by atoms with E-state index in [1.54, 1.807) is 6.92 Å². The van der Waals surface area contributed by atoms with Crippen LogP contribution >= 0.6 is 0 Å². The minimum absolute atomic E-state index is 0.302. The van der Waals surface area contributed by atoms with Gasteiger partial charge < -0.3 is 15.3 Å². The van der Waals surface area contributed by atoms with E-state index < -0.39 is 11.5 Å². The van der Waals surface area contributed by atoms with Crippen LogP contribution in [0.2, 0.25) is 0 Å². The molecule has 19 heavy (non-hydrogen) atoms. The lowest BCUT2D eigenvalue weighted by Crippen LogP contribution is -2.54. The summed E-state index contributed by atoms with van der Waals surface area (Å²) in [6, 6.07) is 0.302. The number of aliphatic carboxylic acids is 1. The van der Waals surface area contributed by atoms with Gasteiger partial charge in [-0.25, -0.2) is 0 Å². The molecule has 0 saturated carbocycles. The average Bonchev–Trinajstić information content (AvgIpc) is 2.28. The molecule has 0 bridgehead atoms. The Morgan fingerprint density at radius 2 is 1.95 bits per heavy atom. The molecule has 1 rings (SSSR count). The minimum Gasteiger partial charge on any atom is -0.480 e. The second-order valence-electron chi connectivity index (χ2n) is 6.92. The molecule has 0 radical (unpaired) electrons. The fourth-order valence-electron chi connectivity index (χ4n) is 2.92. The van der Waals surface area contributed by atoms with Gasteiger partial charge >= 0.3 is 5.97 Å². The normalized spacial score (nSPS) is 24.7. The van der Waals surface area contributed by atoms with Crippen LogP contribution in [0, 0.1) is 5.41 Å². The molecule has 0 spiro atoms. The zero-order chi connectivity index (χ0) is 14.7. The molecule has 0 aromatic rings. The molecule has 112 valence electrons. The Morgan fingerprint density at radius 3 is 2.37 bits per heavy atom.